The molecule has 0 fully saturated rings. The second-order valence-electron chi connectivity index (χ2n) is 12.7. The number of fused-ring (bicyclic) bond motifs is 7. The Labute approximate surface area is 289 Å². The maximum Gasteiger partial charge on any atom is 0.160 e. The SMILES string of the molecule is c1ccc(-c2cc(-c3ccccc3)nc(-c3ccc(-n4c5ccccc5c5ccc6ccc7c(ccn7-c7ccccc7)c6c54)cc3)n2)cc1. The molecular formula is C46H30N4. The first-order valence-corrected chi connectivity index (χ1v) is 16.9. The smallest absolute Gasteiger partial charge is 0.160 e. The Morgan fingerprint density at radius 2 is 1.02 bits per heavy atom. The number of hydrogen-bond acceptors (Lipinski definition) is 2. The Morgan fingerprint density at radius 1 is 0.400 bits per heavy atom. The molecule has 0 aliphatic heterocycles. The lowest BCUT2D eigenvalue weighted by atomic mass is 10.0. The molecule has 0 saturated carbocycles. The normalized spacial score (nSPS) is 11.6. The molecule has 0 atom stereocenters. The second kappa shape index (κ2) is 11.4. The second-order valence-corrected chi connectivity index (χ2v) is 12.7. The minimum Gasteiger partial charge on any atom is -0.317 e. The minimum atomic E-state index is 0.702. The molecule has 0 unspecified atom stereocenters. The van der Waals surface area contributed by atoms with Crippen molar-refractivity contribution >= 4 is 43.5 Å². The quantitative estimate of drug-likeness (QED) is 0.188. The van der Waals surface area contributed by atoms with E-state index in [1.54, 1.807) is 0 Å². The van der Waals surface area contributed by atoms with E-state index in [2.05, 4.69) is 155 Å². The van der Waals surface area contributed by atoms with Crippen LogP contribution in [0.2, 0.25) is 0 Å². The Kier molecular flexibility index (Phi) is 6.46. The molecule has 4 heteroatoms. The third kappa shape index (κ3) is 4.54. The molecule has 0 aliphatic carbocycles. The third-order valence-electron chi connectivity index (χ3n) is 9.77. The van der Waals surface area contributed by atoms with Gasteiger partial charge in [-0.3, -0.25) is 0 Å². The molecule has 50 heavy (non-hydrogen) atoms. The molecule has 0 N–H and O–H groups in total. The maximum atomic E-state index is 5.07. The van der Waals surface area contributed by atoms with Crippen molar-refractivity contribution in [3.05, 3.63) is 182 Å². The van der Waals surface area contributed by atoms with Crippen LogP contribution < -0.4 is 0 Å². The fraction of sp³-hybridized carbons (Fsp3) is 0. The van der Waals surface area contributed by atoms with Crippen molar-refractivity contribution < 1.29 is 0 Å². The van der Waals surface area contributed by atoms with E-state index < -0.39 is 0 Å². The van der Waals surface area contributed by atoms with Crippen molar-refractivity contribution in [2.75, 3.05) is 0 Å². The number of rotatable bonds is 5. The van der Waals surface area contributed by atoms with Gasteiger partial charge >= 0.3 is 0 Å². The summed E-state index contributed by atoms with van der Waals surface area (Å²) in [5, 5.41) is 6.18. The highest BCUT2D eigenvalue weighted by Gasteiger charge is 2.18. The van der Waals surface area contributed by atoms with E-state index in [4.69, 9.17) is 9.97 Å². The molecule has 0 radical (unpaired) electrons. The molecule has 10 aromatic rings. The zero-order valence-corrected chi connectivity index (χ0v) is 27.1. The lowest BCUT2D eigenvalue weighted by molar-refractivity contribution is 1.13. The highest BCUT2D eigenvalue weighted by atomic mass is 15.0. The first kappa shape index (κ1) is 28.3. The van der Waals surface area contributed by atoms with Crippen LogP contribution in [0.1, 0.15) is 0 Å². The van der Waals surface area contributed by atoms with Gasteiger partial charge in [-0.2, -0.15) is 0 Å². The molecule has 3 aromatic heterocycles. The molecule has 0 aliphatic rings. The fourth-order valence-corrected chi connectivity index (χ4v) is 7.42. The van der Waals surface area contributed by atoms with Gasteiger partial charge in [-0.25, -0.2) is 9.97 Å². The van der Waals surface area contributed by atoms with Crippen LogP contribution in [-0.2, 0) is 0 Å². The van der Waals surface area contributed by atoms with Gasteiger partial charge in [0.2, 0.25) is 0 Å². The topological polar surface area (TPSA) is 35.6 Å². The number of benzene rings is 7. The summed E-state index contributed by atoms with van der Waals surface area (Å²) in [6.45, 7) is 0. The van der Waals surface area contributed by atoms with Gasteiger partial charge in [0.15, 0.2) is 5.82 Å². The van der Waals surface area contributed by atoms with E-state index in [0.29, 0.717) is 5.82 Å². The molecule has 0 amide bonds. The molecule has 10 rings (SSSR count). The van der Waals surface area contributed by atoms with E-state index in [0.717, 1.165) is 39.5 Å². The van der Waals surface area contributed by atoms with Crippen LogP contribution in [0.4, 0.5) is 0 Å². The average molecular weight is 639 g/mol. The molecule has 234 valence electrons. The van der Waals surface area contributed by atoms with Crippen molar-refractivity contribution in [1.29, 1.82) is 0 Å². The Hall–Kier alpha value is -6.78. The van der Waals surface area contributed by atoms with Gasteiger partial charge in [0.1, 0.15) is 0 Å². The zero-order chi connectivity index (χ0) is 33.0. The Balaban J connectivity index is 1.17. The highest BCUT2D eigenvalue weighted by molar-refractivity contribution is 6.25. The van der Waals surface area contributed by atoms with E-state index in [9.17, 15) is 0 Å². The summed E-state index contributed by atoms with van der Waals surface area (Å²) in [5.41, 5.74) is 10.7. The molecule has 3 heterocycles. The third-order valence-corrected chi connectivity index (χ3v) is 9.77. The standard InChI is InChI=1S/C46H30N4/c1-4-12-31(13-5-1)40-30-41(32-14-6-2-7-15-32)48-46(47-40)34-20-24-36(25-21-34)50-43-19-11-10-18-37(43)38-26-22-33-23-27-42-39(44(33)45(38)50)28-29-49(42)35-16-8-3-9-17-35/h1-30H. The highest BCUT2D eigenvalue weighted by Crippen LogP contribution is 2.40. The summed E-state index contributed by atoms with van der Waals surface area (Å²) < 4.78 is 4.70. The Bertz CT molecular complexity index is 2770. The van der Waals surface area contributed by atoms with Crippen molar-refractivity contribution in [3.63, 3.8) is 0 Å². The summed E-state index contributed by atoms with van der Waals surface area (Å²) >= 11 is 0. The largest absolute Gasteiger partial charge is 0.317 e. The van der Waals surface area contributed by atoms with Crippen LogP contribution in [0.15, 0.2) is 182 Å². The first-order chi connectivity index (χ1) is 24.8. The molecule has 7 aromatic carbocycles. The summed E-state index contributed by atoms with van der Waals surface area (Å²) in [7, 11) is 0. The van der Waals surface area contributed by atoms with E-state index in [1.165, 1.54) is 43.5 Å². The van der Waals surface area contributed by atoms with Gasteiger partial charge in [0.25, 0.3) is 0 Å². The summed E-state index contributed by atoms with van der Waals surface area (Å²) in [4.78, 5) is 10.1. The first-order valence-electron chi connectivity index (χ1n) is 16.9. The van der Waals surface area contributed by atoms with Crippen molar-refractivity contribution in [2.45, 2.75) is 0 Å². The van der Waals surface area contributed by atoms with Gasteiger partial charge in [0.05, 0.1) is 27.9 Å². The number of hydrogen-bond donors (Lipinski definition) is 0. The van der Waals surface area contributed by atoms with E-state index in [-0.39, 0.29) is 0 Å². The summed E-state index contributed by atoms with van der Waals surface area (Å²) in [5.74, 6) is 0.702. The average Bonchev–Trinajstić information content (AvgIpc) is 3.79. The van der Waals surface area contributed by atoms with Crippen LogP contribution in [0.5, 0.6) is 0 Å². The summed E-state index contributed by atoms with van der Waals surface area (Å²) in [6.07, 6.45) is 2.19. The lowest BCUT2D eigenvalue weighted by Crippen LogP contribution is -1.98. The van der Waals surface area contributed by atoms with Gasteiger partial charge in [-0.05, 0) is 66.0 Å². The zero-order valence-electron chi connectivity index (χ0n) is 27.1. The molecule has 4 nitrogen and oxygen atoms in total. The van der Waals surface area contributed by atoms with Gasteiger partial charge in [-0.1, -0.05) is 115 Å². The predicted molar refractivity (Wildman–Crippen MR) is 207 cm³/mol. The lowest BCUT2D eigenvalue weighted by Gasteiger charge is -2.13. The van der Waals surface area contributed by atoms with Gasteiger partial charge < -0.3 is 9.13 Å². The van der Waals surface area contributed by atoms with Crippen molar-refractivity contribution in [2.24, 2.45) is 0 Å². The molecular weight excluding hydrogens is 609 g/mol. The van der Waals surface area contributed by atoms with E-state index >= 15 is 0 Å². The van der Waals surface area contributed by atoms with Crippen molar-refractivity contribution in [3.8, 4) is 45.3 Å². The van der Waals surface area contributed by atoms with Crippen LogP contribution >= 0.6 is 0 Å². The minimum absolute atomic E-state index is 0.702. The van der Waals surface area contributed by atoms with Gasteiger partial charge in [-0.15, -0.1) is 0 Å². The van der Waals surface area contributed by atoms with Crippen LogP contribution in [0, 0.1) is 0 Å². The molecule has 0 saturated heterocycles. The molecule has 0 spiro atoms. The van der Waals surface area contributed by atoms with Crippen LogP contribution in [-0.4, -0.2) is 19.1 Å². The van der Waals surface area contributed by atoms with Crippen LogP contribution in [0.3, 0.4) is 0 Å². The van der Waals surface area contributed by atoms with Crippen LogP contribution in [0.25, 0.3) is 88.8 Å². The summed E-state index contributed by atoms with van der Waals surface area (Å²) in [6, 6.07) is 62.0. The monoisotopic (exact) mass is 638 g/mol. The van der Waals surface area contributed by atoms with Crippen molar-refractivity contribution in [1.82, 2.24) is 19.1 Å². The number of para-hydroxylation sites is 2. The maximum absolute atomic E-state index is 5.07. The predicted octanol–water partition coefficient (Wildman–Crippen LogP) is 11.7. The fourth-order valence-electron chi connectivity index (χ4n) is 7.42. The van der Waals surface area contributed by atoms with Gasteiger partial charge in [0, 0.05) is 55.8 Å². The Morgan fingerprint density at radius 3 is 1.72 bits per heavy atom. The van der Waals surface area contributed by atoms with E-state index in [1.807, 2.05) is 36.4 Å². The molecule has 0 bridgehead atoms. The number of aromatic nitrogens is 4. The number of nitrogens with zero attached hydrogens (tertiary/aromatic N) is 4.